The van der Waals surface area contributed by atoms with E-state index in [0.29, 0.717) is 12.8 Å². The van der Waals surface area contributed by atoms with Crippen molar-refractivity contribution < 1.29 is 26.2 Å². The molecule has 186 valence electrons. The summed E-state index contributed by atoms with van der Waals surface area (Å²) in [6, 6.07) is 8.41. The third-order valence-electron chi connectivity index (χ3n) is 5.16. The smallest absolute Gasteiger partial charge is 0.309 e. The first-order valence-corrected chi connectivity index (χ1v) is 15.2. The summed E-state index contributed by atoms with van der Waals surface area (Å²) in [5, 5.41) is 0. The minimum atomic E-state index is -3.86. The molecule has 0 saturated heterocycles. The van der Waals surface area contributed by atoms with E-state index in [0.717, 1.165) is 12.0 Å². The fourth-order valence-electron chi connectivity index (χ4n) is 3.65. The summed E-state index contributed by atoms with van der Waals surface area (Å²) in [4.78, 5) is 0. The Labute approximate surface area is 196 Å². The molecule has 1 rings (SSSR count). The van der Waals surface area contributed by atoms with Crippen LogP contribution in [0, 0.1) is 0 Å². The van der Waals surface area contributed by atoms with E-state index >= 15 is 0 Å². The highest BCUT2D eigenvalue weighted by Gasteiger charge is 2.39. The lowest BCUT2D eigenvalue weighted by Crippen LogP contribution is -2.27. The molecule has 0 aromatic heterocycles. The summed E-state index contributed by atoms with van der Waals surface area (Å²) >= 11 is 0. The summed E-state index contributed by atoms with van der Waals surface area (Å²) in [6.07, 6.45) is 7.84. The second-order valence-corrected chi connectivity index (χ2v) is 12.4. The average Bonchev–Trinajstić information content (AvgIpc) is 2.71. The normalized spacial score (nSPS) is 13.6. The van der Waals surface area contributed by atoms with Crippen molar-refractivity contribution in [3.05, 3.63) is 35.4 Å². The minimum Gasteiger partial charge on any atom is -0.309 e. The van der Waals surface area contributed by atoms with Crippen LogP contribution in [0.1, 0.15) is 84.3 Å². The first kappa shape index (κ1) is 29.3. The van der Waals surface area contributed by atoms with E-state index in [1.807, 2.05) is 0 Å². The molecule has 1 unspecified atom stereocenters. The van der Waals surface area contributed by atoms with Gasteiger partial charge in [-0.1, -0.05) is 56.9 Å². The van der Waals surface area contributed by atoms with Crippen LogP contribution in [0.2, 0.25) is 0 Å². The van der Waals surface area contributed by atoms with Crippen molar-refractivity contribution in [1.82, 2.24) is 0 Å². The Morgan fingerprint density at radius 2 is 1.38 bits per heavy atom. The van der Waals surface area contributed by atoms with Gasteiger partial charge in [-0.15, -0.1) is 0 Å². The van der Waals surface area contributed by atoms with Crippen LogP contribution in [-0.4, -0.2) is 39.1 Å². The molecule has 0 fully saturated rings. The van der Waals surface area contributed by atoms with E-state index in [1.54, 1.807) is 27.7 Å². The summed E-state index contributed by atoms with van der Waals surface area (Å²) in [7, 11) is -7.46. The van der Waals surface area contributed by atoms with Crippen LogP contribution in [0.5, 0.6) is 0 Å². The molecule has 0 bridgehead atoms. The standard InChI is InChI=1S/C24H43O6PS/c1-6-9-10-11-12-13-22-14-16-23(17-15-22)18-19-24(20-32(26,27)30-21(4)5)31(25,28-7-2)29-8-3/h14-17,21,24H,6-13,18-20H2,1-5H3. The van der Waals surface area contributed by atoms with Gasteiger partial charge in [0.2, 0.25) is 0 Å². The molecule has 1 atom stereocenters. The van der Waals surface area contributed by atoms with Crippen LogP contribution in [-0.2, 0) is 40.8 Å². The van der Waals surface area contributed by atoms with E-state index in [4.69, 9.17) is 13.2 Å². The van der Waals surface area contributed by atoms with Crippen molar-refractivity contribution in [2.75, 3.05) is 19.0 Å². The molecule has 1 aromatic rings. The number of benzene rings is 1. The maximum atomic E-state index is 13.4. The number of hydrogen-bond donors (Lipinski definition) is 0. The van der Waals surface area contributed by atoms with Crippen LogP contribution in [0.25, 0.3) is 0 Å². The number of unbranched alkanes of at least 4 members (excludes halogenated alkanes) is 4. The summed E-state index contributed by atoms with van der Waals surface area (Å²) < 4.78 is 54.4. The molecule has 0 amide bonds. The molecule has 6 nitrogen and oxygen atoms in total. The molecule has 8 heteroatoms. The number of aryl methyl sites for hydroxylation is 2. The molecule has 0 radical (unpaired) electrons. The van der Waals surface area contributed by atoms with Gasteiger partial charge in [-0.25, -0.2) is 0 Å². The lowest BCUT2D eigenvalue weighted by molar-refractivity contribution is 0.210. The molecular formula is C24H43O6PS. The van der Waals surface area contributed by atoms with Gasteiger partial charge >= 0.3 is 7.60 Å². The highest BCUT2D eigenvalue weighted by atomic mass is 32.2. The molecule has 0 heterocycles. The van der Waals surface area contributed by atoms with E-state index in [2.05, 4.69) is 31.2 Å². The number of rotatable bonds is 18. The highest BCUT2D eigenvalue weighted by molar-refractivity contribution is 7.87. The number of hydrogen-bond acceptors (Lipinski definition) is 6. The van der Waals surface area contributed by atoms with Crippen molar-refractivity contribution in [2.45, 2.75) is 97.7 Å². The Balaban J connectivity index is 2.83. The third-order valence-corrected chi connectivity index (χ3v) is 9.47. The van der Waals surface area contributed by atoms with Crippen LogP contribution in [0.4, 0.5) is 0 Å². The lowest BCUT2D eigenvalue weighted by Gasteiger charge is -2.26. The Bertz CT molecular complexity index is 766. The lowest BCUT2D eigenvalue weighted by atomic mass is 10.0. The largest absolute Gasteiger partial charge is 0.334 e. The van der Waals surface area contributed by atoms with Crippen molar-refractivity contribution in [2.24, 2.45) is 0 Å². The third kappa shape index (κ3) is 11.4. The van der Waals surface area contributed by atoms with E-state index < -0.39 is 35.2 Å². The fourth-order valence-corrected chi connectivity index (χ4v) is 7.89. The van der Waals surface area contributed by atoms with Crippen LogP contribution in [0.15, 0.2) is 24.3 Å². The molecule has 1 aromatic carbocycles. The van der Waals surface area contributed by atoms with Crippen LogP contribution >= 0.6 is 7.60 Å². The van der Waals surface area contributed by atoms with Gasteiger partial charge in [0.15, 0.2) is 0 Å². The van der Waals surface area contributed by atoms with Gasteiger partial charge in [0.1, 0.15) is 0 Å². The minimum absolute atomic E-state index is 0.186. The van der Waals surface area contributed by atoms with E-state index in [9.17, 15) is 13.0 Å². The summed E-state index contributed by atoms with van der Waals surface area (Å²) in [5.74, 6) is -0.391. The molecular weight excluding hydrogens is 447 g/mol. The Morgan fingerprint density at radius 1 is 0.844 bits per heavy atom. The monoisotopic (exact) mass is 490 g/mol. The second kappa shape index (κ2) is 15.2. The molecule has 0 N–H and O–H groups in total. The molecule has 32 heavy (non-hydrogen) atoms. The van der Waals surface area contributed by atoms with Gasteiger partial charge in [-0.3, -0.25) is 8.75 Å². The van der Waals surface area contributed by atoms with Crippen molar-refractivity contribution >= 4 is 17.7 Å². The van der Waals surface area contributed by atoms with Crippen LogP contribution < -0.4 is 0 Å². The van der Waals surface area contributed by atoms with Crippen molar-refractivity contribution in [3.8, 4) is 0 Å². The fraction of sp³-hybridized carbons (Fsp3) is 0.750. The van der Waals surface area contributed by atoms with E-state index in [1.165, 1.54) is 37.7 Å². The van der Waals surface area contributed by atoms with Gasteiger partial charge in [0, 0.05) is 0 Å². The quantitative estimate of drug-likeness (QED) is 0.132. The maximum absolute atomic E-state index is 13.4. The Morgan fingerprint density at radius 3 is 1.88 bits per heavy atom. The molecule has 0 aliphatic rings. The molecule has 0 aliphatic carbocycles. The van der Waals surface area contributed by atoms with Crippen LogP contribution in [0.3, 0.4) is 0 Å². The highest BCUT2D eigenvalue weighted by Crippen LogP contribution is 2.55. The Kier molecular flexibility index (Phi) is 14.0. The van der Waals surface area contributed by atoms with Gasteiger partial charge < -0.3 is 9.05 Å². The topological polar surface area (TPSA) is 78.9 Å². The maximum Gasteiger partial charge on any atom is 0.334 e. The molecule has 0 spiro atoms. The van der Waals surface area contributed by atoms with E-state index in [-0.39, 0.29) is 13.2 Å². The van der Waals surface area contributed by atoms with Crippen molar-refractivity contribution in [1.29, 1.82) is 0 Å². The zero-order valence-electron chi connectivity index (χ0n) is 20.5. The van der Waals surface area contributed by atoms with Crippen molar-refractivity contribution in [3.63, 3.8) is 0 Å². The molecule has 0 saturated carbocycles. The van der Waals surface area contributed by atoms with Gasteiger partial charge in [-0.05, 0) is 64.5 Å². The summed E-state index contributed by atoms with van der Waals surface area (Å²) in [5.41, 5.74) is 1.60. The summed E-state index contributed by atoms with van der Waals surface area (Å²) in [6.45, 7) is 9.35. The first-order valence-electron chi connectivity index (χ1n) is 12.0. The first-order chi connectivity index (χ1) is 15.2. The average molecular weight is 491 g/mol. The predicted molar refractivity (Wildman–Crippen MR) is 132 cm³/mol. The van der Waals surface area contributed by atoms with Gasteiger partial charge in [-0.2, -0.15) is 8.42 Å². The zero-order valence-corrected chi connectivity index (χ0v) is 22.3. The second-order valence-electron chi connectivity index (χ2n) is 8.42. The SMILES string of the molecule is CCCCCCCc1ccc(CCC(CS(=O)(=O)OC(C)C)P(=O)(OCC)OCC)cc1. The predicted octanol–water partition coefficient (Wildman–Crippen LogP) is 6.52. The zero-order chi connectivity index (χ0) is 24.0. The Hall–Kier alpha value is -0.720. The molecule has 0 aliphatic heterocycles. The van der Waals surface area contributed by atoms with Gasteiger partial charge in [0.25, 0.3) is 10.1 Å². The van der Waals surface area contributed by atoms with Gasteiger partial charge in [0.05, 0.1) is 30.7 Å².